The van der Waals surface area contributed by atoms with Gasteiger partial charge in [-0.05, 0) is 20.8 Å². The molecule has 1 amide bonds. The van der Waals surface area contributed by atoms with E-state index in [1.807, 2.05) is 6.07 Å². The molecule has 0 spiro atoms. The van der Waals surface area contributed by atoms with Crippen molar-refractivity contribution in [1.29, 1.82) is 5.26 Å². The van der Waals surface area contributed by atoms with Gasteiger partial charge in [0.15, 0.2) is 0 Å². The van der Waals surface area contributed by atoms with Crippen LogP contribution in [-0.4, -0.2) is 10.7 Å². The number of carbonyl (C=O) groups is 1. The van der Waals surface area contributed by atoms with Gasteiger partial charge in [0.05, 0.1) is 4.83 Å². The van der Waals surface area contributed by atoms with Crippen molar-refractivity contribution in [1.82, 2.24) is 0 Å². The zero-order chi connectivity index (χ0) is 11.6. The van der Waals surface area contributed by atoms with Gasteiger partial charge in [-0.25, -0.2) is 0 Å². The third-order valence-corrected chi connectivity index (χ3v) is 2.51. The van der Waals surface area contributed by atoms with Crippen molar-refractivity contribution >= 4 is 27.7 Å². The Morgan fingerprint density at radius 1 is 1.60 bits per heavy atom. The number of carbonyl (C=O) groups excluding carboxylic acids is 1. The Labute approximate surface area is 96.4 Å². The van der Waals surface area contributed by atoms with Crippen molar-refractivity contribution in [2.45, 2.75) is 25.6 Å². The lowest BCUT2D eigenvalue weighted by atomic mass is 10.2. The van der Waals surface area contributed by atoms with Crippen LogP contribution in [0.5, 0.6) is 0 Å². The second kappa shape index (κ2) is 4.49. The van der Waals surface area contributed by atoms with Crippen molar-refractivity contribution in [3.63, 3.8) is 0 Å². The molecule has 1 N–H and O–H groups in total. The minimum atomic E-state index is -0.324. The molecule has 1 unspecified atom stereocenters. The smallest absolute Gasteiger partial charge is 0.240 e. The lowest BCUT2D eigenvalue weighted by molar-refractivity contribution is -0.115. The standard InChI is InChI=1S/C10H11BrN2O2/c1-5-7(3)15-10(8(5)4-12)13-9(14)6(2)11/h6H,1-3H3,(H,13,14). The molecule has 0 saturated heterocycles. The SMILES string of the molecule is Cc1oc(NC(=O)C(C)Br)c(C#N)c1C. The van der Waals surface area contributed by atoms with E-state index in [9.17, 15) is 4.79 Å². The maximum absolute atomic E-state index is 11.4. The van der Waals surface area contributed by atoms with Crippen molar-refractivity contribution < 1.29 is 9.21 Å². The van der Waals surface area contributed by atoms with Crippen LogP contribution in [0.15, 0.2) is 4.42 Å². The predicted octanol–water partition coefficient (Wildman–Crippen LogP) is 2.49. The van der Waals surface area contributed by atoms with Gasteiger partial charge >= 0.3 is 0 Å². The van der Waals surface area contributed by atoms with Crippen molar-refractivity contribution in [2.75, 3.05) is 5.32 Å². The molecule has 0 aliphatic heterocycles. The highest BCUT2D eigenvalue weighted by Gasteiger charge is 2.18. The molecule has 1 atom stereocenters. The third kappa shape index (κ3) is 2.39. The van der Waals surface area contributed by atoms with E-state index in [2.05, 4.69) is 21.2 Å². The predicted molar refractivity (Wildman–Crippen MR) is 59.9 cm³/mol. The highest BCUT2D eigenvalue weighted by atomic mass is 79.9. The summed E-state index contributed by atoms with van der Waals surface area (Å²) in [7, 11) is 0. The van der Waals surface area contributed by atoms with Gasteiger partial charge in [0.2, 0.25) is 11.8 Å². The van der Waals surface area contributed by atoms with Gasteiger partial charge in [0.1, 0.15) is 17.4 Å². The molecule has 0 saturated carbocycles. The number of aryl methyl sites for hydroxylation is 1. The molecule has 15 heavy (non-hydrogen) atoms. The fourth-order valence-corrected chi connectivity index (χ4v) is 1.18. The summed E-state index contributed by atoms with van der Waals surface area (Å²) < 4.78 is 5.28. The molecule has 1 aromatic heterocycles. The van der Waals surface area contributed by atoms with Crippen LogP contribution in [0.3, 0.4) is 0 Å². The molecule has 0 fully saturated rings. The first-order chi connectivity index (χ1) is 6.97. The Bertz CT molecular complexity index is 429. The quantitative estimate of drug-likeness (QED) is 0.840. The highest BCUT2D eigenvalue weighted by Crippen LogP contribution is 2.25. The second-order valence-corrected chi connectivity index (χ2v) is 4.58. The summed E-state index contributed by atoms with van der Waals surface area (Å²) in [5.41, 5.74) is 1.14. The molecular formula is C10H11BrN2O2. The molecule has 0 aromatic carbocycles. The third-order valence-electron chi connectivity index (χ3n) is 2.10. The van der Waals surface area contributed by atoms with Crippen LogP contribution in [0.1, 0.15) is 23.8 Å². The summed E-state index contributed by atoms with van der Waals surface area (Å²) >= 11 is 3.13. The van der Waals surface area contributed by atoms with Crippen LogP contribution in [-0.2, 0) is 4.79 Å². The van der Waals surface area contributed by atoms with E-state index in [-0.39, 0.29) is 16.6 Å². The maximum Gasteiger partial charge on any atom is 0.240 e. The number of hydrogen-bond donors (Lipinski definition) is 1. The number of furan rings is 1. The van der Waals surface area contributed by atoms with Crippen molar-refractivity contribution in [3.8, 4) is 6.07 Å². The van der Waals surface area contributed by atoms with Gasteiger partial charge in [-0.1, -0.05) is 15.9 Å². The maximum atomic E-state index is 11.4. The van der Waals surface area contributed by atoms with E-state index in [4.69, 9.17) is 9.68 Å². The number of hydrogen-bond acceptors (Lipinski definition) is 3. The molecule has 5 heteroatoms. The summed E-state index contributed by atoms with van der Waals surface area (Å²) in [5.74, 6) is 0.633. The monoisotopic (exact) mass is 270 g/mol. The van der Waals surface area contributed by atoms with E-state index >= 15 is 0 Å². The molecule has 0 aliphatic rings. The zero-order valence-corrected chi connectivity index (χ0v) is 10.3. The summed E-state index contributed by atoms with van der Waals surface area (Å²) in [6, 6.07) is 2.01. The zero-order valence-electron chi connectivity index (χ0n) is 8.72. The molecule has 1 rings (SSSR count). The first kappa shape index (κ1) is 11.8. The Hall–Kier alpha value is -1.28. The number of amides is 1. The van der Waals surface area contributed by atoms with E-state index < -0.39 is 0 Å². The number of alkyl halides is 1. The summed E-state index contributed by atoms with van der Waals surface area (Å²) in [4.78, 5) is 11.0. The minimum absolute atomic E-state index is 0.226. The van der Waals surface area contributed by atoms with Gasteiger partial charge in [-0.2, -0.15) is 5.26 Å². The number of anilines is 1. The average Bonchev–Trinajstić information content (AvgIpc) is 2.42. The van der Waals surface area contributed by atoms with Gasteiger partial charge in [-0.15, -0.1) is 0 Å². The van der Waals surface area contributed by atoms with E-state index in [0.717, 1.165) is 5.56 Å². The summed E-state index contributed by atoms with van der Waals surface area (Å²) in [6.07, 6.45) is 0. The molecule has 0 bridgehead atoms. The minimum Gasteiger partial charge on any atom is -0.444 e. The Morgan fingerprint density at radius 3 is 2.67 bits per heavy atom. The van der Waals surface area contributed by atoms with Crippen LogP contribution in [0, 0.1) is 25.2 Å². The molecule has 1 aromatic rings. The molecule has 4 nitrogen and oxygen atoms in total. The van der Waals surface area contributed by atoms with Crippen LogP contribution >= 0.6 is 15.9 Å². The Kier molecular flexibility index (Phi) is 3.53. The lowest BCUT2D eigenvalue weighted by Crippen LogP contribution is -2.20. The van der Waals surface area contributed by atoms with Gasteiger partial charge in [0, 0.05) is 5.56 Å². The topological polar surface area (TPSA) is 66.0 Å². The van der Waals surface area contributed by atoms with Gasteiger partial charge in [-0.3, -0.25) is 10.1 Å². The molecule has 0 aliphatic carbocycles. The van der Waals surface area contributed by atoms with E-state index in [1.165, 1.54) is 0 Å². The lowest BCUT2D eigenvalue weighted by Gasteiger charge is -2.03. The van der Waals surface area contributed by atoms with E-state index in [1.54, 1.807) is 20.8 Å². The number of nitriles is 1. The van der Waals surface area contributed by atoms with Crippen molar-refractivity contribution in [2.24, 2.45) is 0 Å². The van der Waals surface area contributed by atoms with E-state index in [0.29, 0.717) is 11.3 Å². The van der Waals surface area contributed by atoms with Crippen LogP contribution in [0.4, 0.5) is 5.88 Å². The fraction of sp³-hybridized carbons (Fsp3) is 0.400. The fourth-order valence-electron chi connectivity index (χ4n) is 1.06. The van der Waals surface area contributed by atoms with Gasteiger partial charge < -0.3 is 4.42 Å². The molecule has 80 valence electrons. The average molecular weight is 271 g/mol. The Morgan fingerprint density at radius 2 is 2.20 bits per heavy atom. The first-order valence-corrected chi connectivity index (χ1v) is 5.34. The summed E-state index contributed by atoms with van der Waals surface area (Å²) in [5, 5.41) is 11.4. The molecule has 1 heterocycles. The second-order valence-electron chi connectivity index (χ2n) is 3.20. The van der Waals surface area contributed by atoms with Crippen LogP contribution in [0.2, 0.25) is 0 Å². The van der Waals surface area contributed by atoms with Gasteiger partial charge in [0.25, 0.3) is 0 Å². The number of nitrogens with one attached hydrogen (secondary N) is 1. The van der Waals surface area contributed by atoms with Crippen molar-refractivity contribution in [3.05, 3.63) is 16.9 Å². The highest BCUT2D eigenvalue weighted by molar-refractivity contribution is 9.10. The molecule has 0 radical (unpaired) electrons. The Balaban J connectivity index is 3.02. The first-order valence-electron chi connectivity index (χ1n) is 4.42. The van der Waals surface area contributed by atoms with Crippen LogP contribution in [0.25, 0.3) is 0 Å². The number of nitrogens with zero attached hydrogens (tertiary/aromatic N) is 1. The van der Waals surface area contributed by atoms with Crippen LogP contribution < -0.4 is 5.32 Å². The number of rotatable bonds is 2. The molecular weight excluding hydrogens is 260 g/mol. The number of halogens is 1. The largest absolute Gasteiger partial charge is 0.444 e. The normalized spacial score (nSPS) is 11.9. The summed E-state index contributed by atoms with van der Waals surface area (Å²) in [6.45, 7) is 5.23.